The number of non-ortho nitro benzene ring substituents is 1. The van der Waals surface area contributed by atoms with Crippen LogP contribution in [0.25, 0.3) is 0 Å². The van der Waals surface area contributed by atoms with Gasteiger partial charge >= 0.3 is 0 Å². The van der Waals surface area contributed by atoms with Crippen molar-refractivity contribution in [2.75, 3.05) is 0 Å². The average Bonchev–Trinajstić information content (AvgIpc) is 2.44. The smallest absolute Gasteiger partial charge is 0.270 e. The zero-order valence-electron chi connectivity index (χ0n) is 11.8. The van der Waals surface area contributed by atoms with Gasteiger partial charge < -0.3 is 5.32 Å². The largest absolute Gasteiger partial charge is 0.310 e. The number of nitrogens with zero attached hydrogens (tertiary/aromatic N) is 1. The summed E-state index contributed by atoms with van der Waals surface area (Å²) in [5.74, 6) is 0.742. The molecule has 0 radical (unpaired) electrons. The molecule has 1 N–H and O–H groups in total. The fraction of sp³-hybridized carbons (Fsp3) is 0.600. The van der Waals surface area contributed by atoms with Gasteiger partial charge in [0.15, 0.2) is 0 Å². The van der Waals surface area contributed by atoms with Crippen molar-refractivity contribution in [3.8, 4) is 0 Å². The Labute approximate surface area is 128 Å². The van der Waals surface area contributed by atoms with Crippen LogP contribution in [0, 0.1) is 16.0 Å². The summed E-state index contributed by atoms with van der Waals surface area (Å²) in [4.78, 5) is 10.5. The molecule has 1 aliphatic carbocycles. The molecular formula is C15H21BrN2O2. The Morgan fingerprint density at radius 2 is 2.10 bits per heavy atom. The Hall–Kier alpha value is -0.940. The predicted molar refractivity (Wildman–Crippen MR) is 83.7 cm³/mol. The van der Waals surface area contributed by atoms with Crippen LogP contribution < -0.4 is 5.32 Å². The van der Waals surface area contributed by atoms with Crippen LogP contribution in [0.2, 0.25) is 0 Å². The maximum atomic E-state index is 10.9. The van der Waals surface area contributed by atoms with Gasteiger partial charge in [-0.15, -0.1) is 0 Å². The Kier molecular flexibility index (Phi) is 5.54. The third-order valence-corrected chi connectivity index (χ3v) is 4.61. The first-order valence-electron chi connectivity index (χ1n) is 7.27. The van der Waals surface area contributed by atoms with Gasteiger partial charge in [0.25, 0.3) is 5.69 Å². The molecule has 4 nitrogen and oxygen atoms in total. The van der Waals surface area contributed by atoms with Crippen LogP contribution in [-0.2, 0) is 6.54 Å². The standard InChI is InChI=1S/C15H21BrN2O2/c1-2-12-5-3-4-6-15(12)17-10-11-7-13(16)9-14(8-11)18(19)20/h7-9,12,15,17H,2-6,10H2,1H3. The molecule has 5 heteroatoms. The highest BCUT2D eigenvalue weighted by Crippen LogP contribution is 2.27. The summed E-state index contributed by atoms with van der Waals surface area (Å²) in [5.41, 5.74) is 1.11. The fourth-order valence-electron chi connectivity index (χ4n) is 3.05. The van der Waals surface area contributed by atoms with E-state index in [0.717, 1.165) is 16.0 Å². The minimum atomic E-state index is -0.344. The van der Waals surface area contributed by atoms with Gasteiger partial charge in [-0.3, -0.25) is 10.1 Å². The van der Waals surface area contributed by atoms with Crippen LogP contribution in [0.1, 0.15) is 44.6 Å². The van der Waals surface area contributed by atoms with Crippen LogP contribution in [-0.4, -0.2) is 11.0 Å². The van der Waals surface area contributed by atoms with E-state index in [2.05, 4.69) is 28.2 Å². The molecule has 1 aliphatic rings. The normalized spacial score (nSPS) is 22.7. The quantitative estimate of drug-likeness (QED) is 0.637. The van der Waals surface area contributed by atoms with E-state index in [0.29, 0.717) is 12.6 Å². The van der Waals surface area contributed by atoms with Crippen molar-refractivity contribution in [2.24, 2.45) is 5.92 Å². The lowest BCUT2D eigenvalue weighted by molar-refractivity contribution is -0.385. The molecule has 0 bridgehead atoms. The molecule has 0 spiro atoms. The number of benzene rings is 1. The molecule has 2 rings (SSSR count). The van der Waals surface area contributed by atoms with E-state index in [9.17, 15) is 10.1 Å². The first kappa shape index (κ1) is 15.4. The molecule has 0 heterocycles. The lowest BCUT2D eigenvalue weighted by Gasteiger charge is -2.31. The van der Waals surface area contributed by atoms with E-state index in [4.69, 9.17) is 0 Å². The number of nitro groups is 1. The van der Waals surface area contributed by atoms with Gasteiger partial charge in [-0.25, -0.2) is 0 Å². The van der Waals surface area contributed by atoms with Gasteiger partial charge in [0.1, 0.15) is 0 Å². The highest BCUT2D eigenvalue weighted by molar-refractivity contribution is 9.10. The van der Waals surface area contributed by atoms with Gasteiger partial charge in [-0.05, 0) is 30.4 Å². The van der Waals surface area contributed by atoms with E-state index in [1.165, 1.54) is 32.1 Å². The van der Waals surface area contributed by atoms with Crippen molar-refractivity contribution >= 4 is 21.6 Å². The van der Waals surface area contributed by atoms with Gasteiger partial charge in [0, 0.05) is 29.2 Å². The maximum Gasteiger partial charge on any atom is 0.270 e. The first-order chi connectivity index (χ1) is 9.60. The second-order valence-corrected chi connectivity index (χ2v) is 6.43. The summed E-state index contributed by atoms with van der Waals surface area (Å²) >= 11 is 3.34. The van der Waals surface area contributed by atoms with Crippen molar-refractivity contribution in [1.82, 2.24) is 5.32 Å². The van der Waals surface area contributed by atoms with Crippen LogP contribution in [0.15, 0.2) is 22.7 Å². The Balaban J connectivity index is 2.01. The average molecular weight is 341 g/mol. The second kappa shape index (κ2) is 7.18. The number of rotatable bonds is 5. The minimum Gasteiger partial charge on any atom is -0.310 e. The van der Waals surface area contributed by atoms with E-state index in [1.54, 1.807) is 12.1 Å². The molecule has 1 aromatic carbocycles. The van der Waals surface area contributed by atoms with Gasteiger partial charge in [-0.1, -0.05) is 42.1 Å². The highest BCUT2D eigenvalue weighted by Gasteiger charge is 2.23. The summed E-state index contributed by atoms with van der Waals surface area (Å²) < 4.78 is 0.763. The fourth-order valence-corrected chi connectivity index (χ4v) is 3.58. The molecular weight excluding hydrogens is 320 g/mol. The Bertz CT molecular complexity index is 479. The minimum absolute atomic E-state index is 0.145. The molecule has 0 aromatic heterocycles. The molecule has 0 saturated heterocycles. The zero-order valence-corrected chi connectivity index (χ0v) is 13.4. The van der Waals surface area contributed by atoms with Gasteiger partial charge in [0.2, 0.25) is 0 Å². The number of hydrogen-bond acceptors (Lipinski definition) is 3. The number of nitro benzene ring substituents is 1. The summed E-state index contributed by atoms with van der Waals surface area (Å²) in [6.45, 7) is 2.94. The van der Waals surface area contributed by atoms with E-state index < -0.39 is 0 Å². The molecule has 2 unspecified atom stereocenters. The topological polar surface area (TPSA) is 55.2 Å². The third kappa shape index (κ3) is 4.03. The van der Waals surface area contributed by atoms with Crippen molar-refractivity contribution in [2.45, 2.75) is 51.6 Å². The van der Waals surface area contributed by atoms with Crippen LogP contribution in [0.5, 0.6) is 0 Å². The van der Waals surface area contributed by atoms with Crippen LogP contribution in [0.4, 0.5) is 5.69 Å². The van der Waals surface area contributed by atoms with E-state index in [-0.39, 0.29) is 10.6 Å². The molecule has 20 heavy (non-hydrogen) atoms. The molecule has 1 fully saturated rings. The monoisotopic (exact) mass is 340 g/mol. The van der Waals surface area contributed by atoms with Gasteiger partial charge in [0.05, 0.1) is 4.92 Å². The van der Waals surface area contributed by atoms with Crippen molar-refractivity contribution < 1.29 is 4.92 Å². The maximum absolute atomic E-state index is 10.9. The summed E-state index contributed by atoms with van der Waals surface area (Å²) in [5, 5.41) is 14.5. The lowest BCUT2D eigenvalue weighted by Crippen LogP contribution is -2.37. The molecule has 1 saturated carbocycles. The van der Waals surface area contributed by atoms with E-state index in [1.807, 2.05) is 6.07 Å². The first-order valence-corrected chi connectivity index (χ1v) is 8.06. The third-order valence-electron chi connectivity index (χ3n) is 4.15. The molecule has 1 aromatic rings. The predicted octanol–water partition coefficient (Wildman–Crippen LogP) is 4.42. The van der Waals surface area contributed by atoms with Crippen molar-refractivity contribution in [3.63, 3.8) is 0 Å². The summed E-state index contributed by atoms with van der Waals surface area (Å²) in [6.07, 6.45) is 6.34. The number of nitrogens with one attached hydrogen (secondary N) is 1. The zero-order chi connectivity index (χ0) is 14.5. The van der Waals surface area contributed by atoms with Crippen molar-refractivity contribution in [1.29, 1.82) is 0 Å². The van der Waals surface area contributed by atoms with Gasteiger partial charge in [-0.2, -0.15) is 0 Å². The summed E-state index contributed by atoms with van der Waals surface area (Å²) in [7, 11) is 0. The molecule has 2 atom stereocenters. The Morgan fingerprint density at radius 1 is 1.35 bits per heavy atom. The molecule has 110 valence electrons. The van der Waals surface area contributed by atoms with Crippen LogP contribution >= 0.6 is 15.9 Å². The number of hydrogen-bond donors (Lipinski definition) is 1. The molecule has 0 aliphatic heterocycles. The summed E-state index contributed by atoms with van der Waals surface area (Å²) in [6, 6.07) is 5.69. The lowest BCUT2D eigenvalue weighted by atomic mass is 9.83. The van der Waals surface area contributed by atoms with Crippen LogP contribution in [0.3, 0.4) is 0 Å². The second-order valence-electron chi connectivity index (χ2n) is 5.51. The van der Waals surface area contributed by atoms with Crippen molar-refractivity contribution in [3.05, 3.63) is 38.3 Å². The SMILES string of the molecule is CCC1CCCCC1NCc1cc(Br)cc([N+](=O)[O-])c1. The Morgan fingerprint density at radius 3 is 2.80 bits per heavy atom. The number of halogens is 1. The molecule has 0 amide bonds. The van der Waals surface area contributed by atoms with E-state index >= 15 is 0 Å². The highest BCUT2D eigenvalue weighted by atomic mass is 79.9.